The van der Waals surface area contributed by atoms with Crippen LogP contribution >= 0.6 is 0 Å². The third-order valence-electron chi connectivity index (χ3n) is 0.658. The van der Waals surface area contributed by atoms with E-state index in [0.29, 0.717) is 0 Å². The van der Waals surface area contributed by atoms with Crippen LogP contribution in [0.4, 0.5) is 0 Å². The summed E-state index contributed by atoms with van der Waals surface area (Å²) in [4.78, 5) is 0. The van der Waals surface area contributed by atoms with Crippen LogP contribution in [0.1, 0.15) is 12.8 Å². The summed E-state index contributed by atoms with van der Waals surface area (Å²) >= 11 is 0. The molecule has 0 aliphatic rings. The maximum atomic E-state index is 5.16. The van der Waals surface area contributed by atoms with Crippen LogP contribution in [0.3, 0.4) is 0 Å². The summed E-state index contributed by atoms with van der Waals surface area (Å²) in [6.45, 7) is 1.55. The monoisotopic (exact) mass is 90.1 g/mol. The molecule has 0 aliphatic carbocycles. The highest BCUT2D eigenvalue weighted by molar-refractivity contribution is 4.38. The van der Waals surface area contributed by atoms with Crippen LogP contribution in [-0.2, 0) is 0 Å². The van der Waals surface area contributed by atoms with Gasteiger partial charge in [-0.3, -0.25) is 0 Å². The Balaban J connectivity index is 2.34. The summed E-state index contributed by atoms with van der Waals surface area (Å²) in [5.41, 5.74) is 10.3. The zero-order valence-electron chi connectivity index (χ0n) is 3.98. The summed E-state index contributed by atoms with van der Waals surface area (Å²) in [6, 6.07) is 0. The molecule has 38 valence electrons. The molecule has 0 rings (SSSR count). The molecule has 0 amide bonds. The lowest BCUT2D eigenvalue weighted by molar-refractivity contribution is 0.755. The Labute approximate surface area is 38.5 Å². The van der Waals surface area contributed by atoms with Crippen molar-refractivity contribution in [1.82, 2.24) is 0 Å². The van der Waals surface area contributed by atoms with E-state index in [0.717, 1.165) is 25.9 Å². The first-order valence-corrected chi connectivity index (χ1v) is 2.32. The molecule has 6 heavy (non-hydrogen) atoms. The summed E-state index contributed by atoms with van der Waals surface area (Å²) in [5.74, 6) is 0. The molecule has 0 aromatic rings. The van der Waals surface area contributed by atoms with Crippen molar-refractivity contribution >= 4 is 0 Å². The molecule has 0 bridgehead atoms. The molecule has 0 fully saturated rings. The second-order valence-electron chi connectivity index (χ2n) is 1.28. The maximum Gasteiger partial charge on any atom is -0.00768 e. The van der Waals surface area contributed by atoms with Crippen LogP contribution < -0.4 is 11.5 Å². The van der Waals surface area contributed by atoms with E-state index in [9.17, 15) is 0 Å². The van der Waals surface area contributed by atoms with Gasteiger partial charge in [0.05, 0.1) is 0 Å². The predicted molar refractivity (Wildman–Crippen MR) is 27.3 cm³/mol. The second-order valence-corrected chi connectivity index (χ2v) is 1.28. The molecule has 0 aromatic carbocycles. The number of unbranched alkanes of at least 4 members (excludes halogenated alkanes) is 1. The van der Waals surface area contributed by atoms with Gasteiger partial charge in [0.25, 0.3) is 0 Å². The van der Waals surface area contributed by atoms with Gasteiger partial charge < -0.3 is 11.5 Å². The predicted octanol–water partition coefficient (Wildman–Crippen LogP) is -0.316. The van der Waals surface area contributed by atoms with E-state index in [1.165, 1.54) is 0 Å². The van der Waals surface area contributed by atoms with Crippen molar-refractivity contribution < 1.29 is 0 Å². The minimum absolute atomic E-state index is 0.775. The molecule has 0 atom stereocenters. The first-order valence-electron chi connectivity index (χ1n) is 2.32. The van der Waals surface area contributed by atoms with Crippen molar-refractivity contribution in [3.8, 4) is 0 Å². The van der Waals surface area contributed by atoms with Crippen molar-refractivity contribution in [1.29, 1.82) is 0 Å². The van der Waals surface area contributed by atoms with Gasteiger partial charge in [-0.1, -0.05) is 0 Å². The third kappa shape index (κ3) is 3.92. The normalized spacial score (nSPS) is 9.00. The van der Waals surface area contributed by atoms with Gasteiger partial charge in [0.15, 0.2) is 0 Å². The van der Waals surface area contributed by atoms with Crippen LogP contribution in [0.2, 0.25) is 0 Å². The van der Waals surface area contributed by atoms with Crippen molar-refractivity contribution in [2.75, 3.05) is 13.1 Å². The Bertz CT molecular complexity index is 17.5. The van der Waals surface area contributed by atoms with Crippen molar-refractivity contribution in [3.63, 3.8) is 0 Å². The van der Waals surface area contributed by atoms with Crippen LogP contribution in [0.25, 0.3) is 0 Å². The lowest BCUT2D eigenvalue weighted by Gasteiger charge is -1.87. The van der Waals surface area contributed by atoms with E-state index in [1.54, 1.807) is 0 Å². The minimum atomic E-state index is 0.775. The molecular formula is C4H12N2. The Morgan fingerprint density at radius 3 is 2.33 bits per heavy atom. The third-order valence-corrected chi connectivity index (χ3v) is 0.658. The highest BCUT2D eigenvalue weighted by Gasteiger charge is 1.75. The fourth-order valence-electron chi connectivity index (χ4n) is 0.289. The van der Waals surface area contributed by atoms with Crippen molar-refractivity contribution in [2.24, 2.45) is 11.5 Å². The van der Waals surface area contributed by atoms with Gasteiger partial charge in [0.2, 0.25) is 0 Å². The van der Waals surface area contributed by atoms with Crippen LogP contribution in [0.5, 0.6) is 0 Å². The van der Waals surface area contributed by atoms with Gasteiger partial charge in [0, 0.05) is 0 Å². The molecule has 0 spiro atoms. The summed E-state index contributed by atoms with van der Waals surface area (Å²) < 4.78 is 0. The molecule has 0 saturated heterocycles. The largest absolute Gasteiger partial charge is 0.330 e. The van der Waals surface area contributed by atoms with Crippen LogP contribution in [0.15, 0.2) is 0 Å². The van der Waals surface area contributed by atoms with E-state index in [-0.39, 0.29) is 0 Å². The first kappa shape index (κ1) is 5.92. The molecule has 0 unspecified atom stereocenters. The molecule has 0 aromatic heterocycles. The number of hydrogen-bond acceptors (Lipinski definition) is 2. The number of hydrogen-bond donors (Lipinski definition) is 2. The first-order chi connectivity index (χ1) is 2.91. The molecule has 0 aliphatic heterocycles. The van der Waals surface area contributed by atoms with Crippen molar-refractivity contribution in [2.45, 2.75) is 12.8 Å². The lowest BCUT2D eigenvalue weighted by atomic mass is 10.4. The topological polar surface area (TPSA) is 52.0 Å². The summed E-state index contributed by atoms with van der Waals surface area (Å²) in [5, 5.41) is 0. The highest BCUT2D eigenvalue weighted by Crippen LogP contribution is 1.77. The summed E-state index contributed by atoms with van der Waals surface area (Å²) in [6.07, 6.45) is 2.13. The average Bonchev–Trinajstić information content (AvgIpc) is 1.61. The molecule has 0 heterocycles. The lowest BCUT2D eigenvalue weighted by Crippen LogP contribution is -2.03. The Morgan fingerprint density at radius 1 is 1.50 bits per heavy atom. The molecule has 2 heteroatoms. The second kappa shape index (κ2) is 4.92. The van der Waals surface area contributed by atoms with Crippen molar-refractivity contribution in [3.05, 3.63) is 0 Å². The van der Waals surface area contributed by atoms with E-state index >= 15 is 0 Å². The molecule has 0 radical (unpaired) electrons. The Hall–Kier alpha value is -0.0800. The minimum Gasteiger partial charge on any atom is -0.330 e. The van der Waals surface area contributed by atoms with Gasteiger partial charge in [-0.25, -0.2) is 0 Å². The molecular weight excluding hydrogens is 78.1 g/mol. The smallest absolute Gasteiger partial charge is 0.00768 e. The highest BCUT2D eigenvalue weighted by atomic mass is 15.2. The standard InChI is InChI=1S/C4H12N2/c5-3-1-2-4-6/h1-6H2/i3+2. The van der Waals surface area contributed by atoms with Gasteiger partial charge in [-0.05, 0) is 25.9 Å². The fourth-order valence-corrected chi connectivity index (χ4v) is 0.289. The van der Waals surface area contributed by atoms with E-state index < -0.39 is 0 Å². The van der Waals surface area contributed by atoms with Gasteiger partial charge in [-0.15, -0.1) is 0 Å². The van der Waals surface area contributed by atoms with Gasteiger partial charge >= 0.3 is 0 Å². The van der Waals surface area contributed by atoms with Crippen LogP contribution in [-0.4, -0.2) is 13.1 Å². The van der Waals surface area contributed by atoms with Crippen LogP contribution in [0, 0.1) is 0 Å². The molecule has 4 N–H and O–H groups in total. The summed E-state index contributed by atoms with van der Waals surface area (Å²) in [7, 11) is 0. The quantitative estimate of drug-likeness (QED) is 0.467. The van der Waals surface area contributed by atoms with Gasteiger partial charge in [0.1, 0.15) is 0 Å². The molecule has 2 nitrogen and oxygen atoms in total. The zero-order valence-corrected chi connectivity index (χ0v) is 3.98. The number of nitrogens with two attached hydrogens (primary N) is 2. The fraction of sp³-hybridized carbons (Fsp3) is 1.00. The molecule has 0 saturated carbocycles. The average molecular weight is 90.1 g/mol. The Morgan fingerprint density at radius 2 is 2.17 bits per heavy atom. The van der Waals surface area contributed by atoms with E-state index in [2.05, 4.69) is 0 Å². The Kier molecular flexibility index (Phi) is 4.85. The maximum absolute atomic E-state index is 5.16. The SMILES string of the molecule is NCCC[14CH2]N. The van der Waals surface area contributed by atoms with E-state index in [1.807, 2.05) is 0 Å². The zero-order chi connectivity index (χ0) is 4.83. The number of rotatable bonds is 3. The van der Waals surface area contributed by atoms with Gasteiger partial charge in [-0.2, -0.15) is 0 Å². The van der Waals surface area contributed by atoms with E-state index in [4.69, 9.17) is 11.5 Å².